The van der Waals surface area contributed by atoms with Gasteiger partial charge in [-0.25, -0.2) is 9.97 Å². The average Bonchev–Trinajstić information content (AvgIpc) is 2.83. The minimum Gasteiger partial charge on any atom is -0.373 e. The summed E-state index contributed by atoms with van der Waals surface area (Å²) >= 11 is 5.27. The van der Waals surface area contributed by atoms with E-state index in [0.717, 1.165) is 41.1 Å². The predicted octanol–water partition coefficient (Wildman–Crippen LogP) is 3.91. The molecule has 4 nitrogen and oxygen atoms in total. The molecule has 2 aromatic heterocycles. The molecule has 0 unspecified atom stereocenters. The van der Waals surface area contributed by atoms with Crippen LogP contribution in [0.2, 0.25) is 0 Å². The Balaban J connectivity index is 2.17. The minimum atomic E-state index is 0.773. The van der Waals surface area contributed by atoms with Gasteiger partial charge in [-0.05, 0) is 33.8 Å². The first kappa shape index (κ1) is 14.3. The summed E-state index contributed by atoms with van der Waals surface area (Å²) in [6, 6.07) is 2.06. The summed E-state index contributed by atoms with van der Waals surface area (Å²) in [5.41, 5.74) is 1.15. The minimum absolute atomic E-state index is 0.773. The van der Waals surface area contributed by atoms with Crippen LogP contribution in [-0.2, 0) is 13.0 Å². The van der Waals surface area contributed by atoms with Crippen molar-refractivity contribution < 1.29 is 0 Å². The van der Waals surface area contributed by atoms with Crippen molar-refractivity contribution in [2.24, 2.45) is 0 Å². The Morgan fingerprint density at radius 1 is 1.32 bits per heavy atom. The fourth-order valence-corrected chi connectivity index (χ4v) is 3.31. The van der Waals surface area contributed by atoms with E-state index in [1.54, 1.807) is 17.7 Å². The van der Waals surface area contributed by atoms with Crippen LogP contribution in [0.5, 0.6) is 0 Å². The van der Waals surface area contributed by atoms with E-state index >= 15 is 0 Å². The molecule has 2 aromatic rings. The molecule has 2 N–H and O–H groups in total. The molecule has 19 heavy (non-hydrogen) atoms. The van der Waals surface area contributed by atoms with Gasteiger partial charge in [0.05, 0.1) is 6.54 Å². The summed E-state index contributed by atoms with van der Waals surface area (Å²) in [5, 5.41) is 8.61. The van der Waals surface area contributed by atoms with Gasteiger partial charge in [-0.2, -0.15) is 0 Å². The van der Waals surface area contributed by atoms with E-state index in [4.69, 9.17) is 0 Å². The maximum absolute atomic E-state index is 4.36. The summed E-state index contributed by atoms with van der Waals surface area (Å²) in [5.74, 6) is 1.83. The maximum atomic E-state index is 4.36. The largest absolute Gasteiger partial charge is 0.373 e. The zero-order chi connectivity index (χ0) is 13.7. The summed E-state index contributed by atoms with van der Waals surface area (Å²) in [4.78, 5) is 9.90. The fourth-order valence-electron chi connectivity index (χ4n) is 1.88. The standard InChI is InChI=1S/C13H17BrN4S/c1-3-4-9-12(15-2)17-8-18-13(9)16-7-11-10(14)5-6-19-11/h5-6,8H,3-4,7H2,1-2H3,(H2,15,16,17,18). The highest BCUT2D eigenvalue weighted by atomic mass is 79.9. The number of aromatic nitrogens is 2. The zero-order valence-electron chi connectivity index (χ0n) is 11.0. The van der Waals surface area contributed by atoms with E-state index in [0.29, 0.717) is 0 Å². The quantitative estimate of drug-likeness (QED) is 0.836. The maximum Gasteiger partial charge on any atom is 0.135 e. The molecule has 0 amide bonds. The van der Waals surface area contributed by atoms with Crippen LogP contribution < -0.4 is 10.6 Å². The van der Waals surface area contributed by atoms with Crippen molar-refractivity contribution in [3.63, 3.8) is 0 Å². The Kier molecular flexibility index (Phi) is 5.15. The lowest BCUT2D eigenvalue weighted by molar-refractivity contribution is 0.899. The lowest BCUT2D eigenvalue weighted by Gasteiger charge is -2.13. The van der Waals surface area contributed by atoms with Crippen LogP contribution >= 0.6 is 27.3 Å². The van der Waals surface area contributed by atoms with Gasteiger partial charge in [-0.3, -0.25) is 0 Å². The summed E-state index contributed by atoms with van der Waals surface area (Å²) in [6.45, 7) is 2.93. The van der Waals surface area contributed by atoms with Gasteiger partial charge in [0, 0.05) is 22.0 Å². The molecule has 0 atom stereocenters. The molecule has 0 aliphatic carbocycles. The van der Waals surface area contributed by atoms with Crippen LogP contribution in [0.1, 0.15) is 23.8 Å². The zero-order valence-corrected chi connectivity index (χ0v) is 13.4. The van der Waals surface area contributed by atoms with Crippen molar-refractivity contribution >= 4 is 38.9 Å². The van der Waals surface area contributed by atoms with E-state index in [1.807, 2.05) is 7.05 Å². The van der Waals surface area contributed by atoms with Crippen molar-refractivity contribution in [3.8, 4) is 0 Å². The van der Waals surface area contributed by atoms with Gasteiger partial charge in [0.1, 0.15) is 18.0 Å². The van der Waals surface area contributed by atoms with Gasteiger partial charge in [0.2, 0.25) is 0 Å². The van der Waals surface area contributed by atoms with Crippen molar-refractivity contribution in [1.82, 2.24) is 9.97 Å². The third-order valence-corrected chi connectivity index (χ3v) is 4.72. The van der Waals surface area contributed by atoms with Crippen molar-refractivity contribution in [2.75, 3.05) is 17.7 Å². The molecule has 0 aromatic carbocycles. The van der Waals surface area contributed by atoms with E-state index in [1.165, 1.54) is 4.88 Å². The molecule has 2 heterocycles. The lowest BCUT2D eigenvalue weighted by atomic mass is 10.1. The van der Waals surface area contributed by atoms with Gasteiger partial charge in [-0.15, -0.1) is 11.3 Å². The van der Waals surface area contributed by atoms with E-state index < -0.39 is 0 Å². The summed E-state index contributed by atoms with van der Waals surface area (Å²) in [7, 11) is 1.89. The molecular formula is C13H17BrN4S. The van der Waals surface area contributed by atoms with Gasteiger partial charge in [0.15, 0.2) is 0 Å². The Bertz CT molecular complexity index is 541. The monoisotopic (exact) mass is 340 g/mol. The first-order chi connectivity index (χ1) is 9.26. The van der Waals surface area contributed by atoms with Gasteiger partial charge in [0.25, 0.3) is 0 Å². The fraction of sp³-hybridized carbons (Fsp3) is 0.385. The predicted molar refractivity (Wildman–Crippen MR) is 84.9 cm³/mol. The highest BCUT2D eigenvalue weighted by Crippen LogP contribution is 2.25. The molecule has 0 spiro atoms. The Hall–Kier alpha value is -1.14. The molecule has 0 bridgehead atoms. The third-order valence-electron chi connectivity index (χ3n) is 2.79. The molecule has 0 saturated heterocycles. The molecule has 2 rings (SSSR count). The Labute approximate surface area is 125 Å². The number of halogens is 1. The van der Waals surface area contributed by atoms with Gasteiger partial charge in [-0.1, -0.05) is 13.3 Å². The number of nitrogens with zero attached hydrogens (tertiary/aromatic N) is 2. The van der Waals surface area contributed by atoms with E-state index in [9.17, 15) is 0 Å². The Morgan fingerprint density at radius 3 is 2.74 bits per heavy atom. The van der Waals surface area contributed by atoms with E-state index in [2.05, 4.69) is 54.9 Å². The lowest BCUT2D eigenvalue weighted by Crippen LogP contribution is -2.08. The highest BCUT2D eigenvalue weighted by Gasteiger charge is 2.10. The SMILES string of the molecule is CCCc1c(NC)ncnc1NCc1sccc1Br. The van der Waals surface area contributed by atoms with Crippen LogP contribution in [0.25, 0.3) is 0 Å². The van der Waals surface area contributed by atoms with Crippen molar-refractivity contribution in [3.05, 3.63) is 32.7 Å². The van der Waals surface area contributed by atoms with Crippen LogP contribution in [-0.4, -0.2) is 17.0 Å². The van der Waals surface area contributed by atoms with Crippen molar-refractivity contribution in [2.45, 2.75) is 26.3 Å². The molecule has 102 valence electrons. The number of thiophene rings is 1. The first-order valence-electron chi connectivity index (χ1n) is 6.23. The third kappa shape index (κ3) is 3.45. The molecule has 0 fully saturated rings. The molecule has 0 aliphatic rings. The second-order valence-electron chi connectivity index (χ2n) is 4.09. The average molecular weight is 341 g/mol. The van der Waals surface area contributed by atoms with Crippen molar-refractivity contribution in [1.29, 1.82) is 0 Å². The number of hydrogen-bond acceptors (Lipinski definition) is 5. The first-order valence-corrected chi connectivity index (χ1v) is 7.90. The molecule has 0 saturated carbocycles. The molecule has 0 radical (unpaired) electrons. The molecule has 0 aliphatic heterocycles. The van der Waals surface area contributed by atoms with Gasteiger partial charge >= 0.3 is 0 Å². The van der Waals surface area contributed by atoms with Crippen LogP contribution in [0.3, 0.4) is 0 Å². The smallest absolute Gasteiger partial charge is 0.135 e. The topological polar surface area (TPSA) is 49.8 Å². The second-order valence-corrected chi connectivity index (χ2v) is 5.95. The summed E-state index contributed by atoms with van der Waals surface area (Å²) in [6.07, 6.45) is 3.63. The summed E-state index contributed by atoms with van der Waals surface area (Å²) < 4.78 is 1.14. The molecule has 6 heteroatoms. The number of anilines is 2. The number of hydrogen-bond donors (Lipinski definition) is 2. The Morgan fingerprint density at radius 2 is 2.11 bits per heavy atom. The number of nitrogens with one attached hydrogen (secondary N) is 2. The van der Waals surface area contributed by atoms with Gasteiger partial charge < -0.3 is 10.6 Å². The molecular weight excluding hydrogens is 324 g/mol. The van der Waals surface area contributed by atoms with E-state index in [-0.39, 0.29) is 0 Å². The normalized spacial score (nSPS) is 10.5. The highest BCUT2D eigenvalue weighted by molar-refractivity contribution is 9.10. The van der Waals surface area contributed by atoms with Crippen LogP contribution in [0.4, 0.5) is 11.6 Å². The van der Waals surface area contributed by atoms with Crippen LogP contribution in [0.15, 0.2) is 22.2 Å². The second kappa shape index (κ2) is 6.86. The van der Waals surface area contributed by atoms with Crippen LogP contribution in [0, 0.1) is 0 Å². The number of rotatable bonds is 6.